The van der Waals surface area contributed by atoms with E-state index in [2.05, 4.69) is 33.8 Å². The number of carbonyl (C=O) groups excluding carboxylic acids is 1. The molecule has 1 aromatic heterocycles. The molecule has 4 nitrogen and oxygen atoms in total. The molecule has 112 valence electrons. The predicted molar refractivity (Wildman–Crippen MR) is 82.8 cm³/mol. The first-order chi connectivity index (χ1) is 10.2. The fourth-order valence-corrected chi connectivity index (χ4v) is 4.45. The molecule has 0 radical (unpaired) electrons. The molecule has 1 aromatic rings. The third kappa shape index (κ3) is 3.12. The van der Waals surface area contributed by atoms with E-state index >= 15 is 0 Å². The van der Waals surface area contributed by atoms with Crippen LogP contribution in [0.5, 0.6) is 0 Å². The van der Waals surface area contributed by atoms with Gasteiger partial charge in [0.1, 0.15) is 5.54 Å². The minimum atomic E-state index is -0.602. The van der Waals surface area contributed by atoms with Crippen LogP contribution in [0.15, 0.2) is 17.5 Å². The molecule has 2 aliphatic rings. The molecule has 3 rings (SSSR count). The third-order valence-corrected chi connectivity index (χ3v) is 5.61. The first-order valence-electron chi connectivity index (χ1n) is 7.72. The Labute approximate surface area is 129 Å². The van der Waals surface area contributed by atoms with Gasteiger partial charge in [-0.3, -0.25) is 9.69 Å². The van der Waals surface area contributed by atoms with Gasteiger partial charge in [-0.2, -0.15) is 5.26 Å². The zero-order chi connectivity index (χ0) is 14.7. The van der Waals surface area contributed by atoms with Crippen LogP contribution in [0.1, 0.15) is 49.4 Å². The molecule has 1 amide bonds. The Kier molecular flexibility index (Phi) is 4.27. The Hall–Kier alpha value is -1.38. The van der Waals surface area contributed by atoms with Crippen molar-refractivity contribution >= 4 is 17.2 Å². The molecular formula is C16H21N3OS. The number of nitrogens with one attached hydrogen (secondary N) is 1. The number of rotatable bonds is 4. The summed E-state index contributed by atoms with van der Waals surface area (Å²) in [5.74, 6) is 0.00176. The van der Waals surface area contributed by atoms with Gasteiger partial charge in [0.05, 0.1) is 12.6 Å². The van der Waals surface area contributed by atoms with E-state index in [1.165, 1.54) is 4.88 Å². The monoisotopic (exact) mass is 303 g/mol. The van der Waals surface area contributed by atoms with E-state index in [4.69, 9.17) is 0 Å². The van der Waals surface area contributed by atoms with E-state index in [0.717, 1.165) is 45.1 Å². The highest BCUT2D eigenvalue weighted by atomic mass is 32.1. The molecule has 0 spiro atoms. The number of amides is 1. The number of likely N-dealkylation sites (tertiary alicyclic amines) is 1. The highest BCUT2D eigenvalue weighted by Gasteiger charge is 2.36. The van der Waals surface area contributed by atoms with E-state index < -0.39 is 5.54 Å². The molecule has 1 N–H and O–H groups in total. The van der Waals surface area contributed by atoms with Crippen molar-refractivity contribution in [1.29, 1.82) is 5.26 Å². The molecular weight excluding hydrogens is 282 g/mol. The van der Waals surface area contributed by atoms with Crippen LogP contribution in [0.3, 0.4) is 0 Å². The van der Waals surface area contributed by atoms with Crippen molar-refractivity contribution < 1.29 is 4.79 Å². The van der Waals surface area contributed by atoms with Crippen molar-refractivity contribution in [3.63, 3.8) is 0 Å². The summed E-state index contributed by atoms with van der Waals surface area (Å²) in [5, 5.41) is 14.4. The zero-order valence-corrected chi connectivity index (χ0v) is 13.0. The molecule has 1 saturated carbocycles. The minimum Gasteiger partial charge on any atom is -0.337 e. The van der Waals surface area contributed by atoms with Crippen molar-refractivity contribution in [2.75, 3.05) is 13.1 Å². The fraction of sp³-hybridized carbons (Fsp3) is 0.625. The summed E-state index contributed by atoms with van der Waals surface area (Å²) >= 11 is 1.76. The summed E-state index contributed by atoms with van der Waals surface area (Å²) in [6, 6.07) is 6.92. The van der Waals surface area contributed by atoms with Crippen LogP contribution in [0.2, 0.25) is 0 Å². The Morgan fingerprint density at radius 1 is 1.48 bits per heavy atom. The van der Waals surface area contributed by atoms with E-state index in [0.29, 0.717) is 12.6 Å². The second-order valence-corrected chi connectivity index (χ2v) is 7.07. The summed E-state index contributed by atoms with van der Waals surface area (Å²) in [5.41, 5.74) is -0.602. The zero-order valence-electron chi connectivity index (χ0n) is 12.2. The largest absolute Gasteiger partial charge is 0.337 e. The lowest BCUT2D eigenvalue weighted by atomic mass is 10.00. The SMILES string of the molecule is N#CC1(NC(=O)CN2CCC[C@H]2c2cccs2)CCCC1. The molecule has 0 unspecified atom stereocenters. The van der Waals surface area contributed by atoms with Gasteiger partial charge in [-0.05, 0) is 56.5 Å². The van der Waals surface area contributed by atoms with E-state index in [-0.39, 0.29) is 5.91 Å². The molecule has 21 heavy (non-hydrogen) atoms. The van der Waals surface area contributed by atoms with Gasteiger partial charge in [0.15, 0.2) is 0 Å². The topological polar surface area (TPSA) is 56.1 Å². The molecule has 1 aliphatic heterocycles. The first-order valence-corrected chi connectivity index (χ1v) is 8.60. The number of hydrogen-bond donors (Lipinski definition) is 1. The van der Waals surface area contributed by atoms with Crippen LogP contribution in [0, 0.1) is 11.3 Å². The maximum Gasteiger partial charge on any atom is 0.235 e. The predicted octanol–water partition coefficient (Wildman–Crippen LogP) is 2.84. The van der Waals surface area contributed by atoms with Crippen LogP contribution in [0.4, 0.5) is 0 Å². The summed E-state index contributed by atoms with van der Waals surface area (Å²) in [6.45, 7) is 1.38. The van der Waals surface area contributed by atoms with Crippen molar-refractivity contribution in [3.8, 4) is 6.07 Å². The van der Waals surface area contributed by atoms with Crippen molar-refractivity contribution in [2.45, 2.75) is 50.1 Å². The van der Waals surface area contributed by atoms with Crippen molar-refractivity contribution in [3.05, 3.63) is 22.4 Å². The average Bonchev–Trinajstić information content (AvgIpc) is 3.19. The van der Waals surface area contributed by atoms with Gasteiger partial charge in [0.2, 0.25) is 5.91 Å². The highest BCUT2D eigenvalue weighted by molar-refractivity contribution is 7.10. The molecule has 0 aromatic carbocycles. The maximum absolute atomic E-state index is 12.3. The minimum absolute atomic E-state index is 0.00176. The lowest BCUT2D eigenvalue weighted by molar-refractivity contribution is -0.123. The van der Waals surface area contributed by atoms with Crippen LogP contribution < -0.4 is 5.32 Å². The third-order valence-electron chi connectivity index (χ3n) is 4.63. The van der Waals surface area contributed by atoms with Gasteiger partial charge in [0.25, 0.3) is 0 Å². The highest BCUT2D eigenvalue weighted by Crippen LogP contribution is 2.34. The number of thiophene rings is 1. The summed E-state index contributed by atoms with van der Waals surface area (Å²) in [7, 11) is 0. The smallest absolute Gasteiger partial charge is 0.235 e. The second kappa shape index (κ2) is 6.17. The van der Waals surface area contributed by atoms with Crippen LogP contribution in [-0.4, -0.2) is 29.4 Å². The molecule has 5 heteroatoms. The van der Waals surface area contributed by atoms with E-state index in [9.17, 15) is 10.1 Å². The molecule has 1 aliphatic carbocycles. The van der Waals surface area contributed by atoms with Crippen LogP contribution >= 0.6 is 11.3 Å². The van der Waals surface area contributed by atoms with Gasteiger partial charge in [-0.15, -0.1) is 11.3 Å². The Morgan fingerprint density at radius 2 is 2.29 bits per heavy atom. The standard InChI is InChI=1S/C16H21N3OS/c17-12-16(7-1-2-8-16)18-15(20)11-19-9-3-5-13(19)14-6-4-10-21-14/h4,6,10,13H,1-3,5,7-9,11H2,(H,18,20)/t13-/m0/s1. The number of carbonyl (C=O) groups is 1. The Bertz CT molecular complexity index is 528. The number of nitriles is 1. The first kappa shape index (κ1) is 14.6. The molecule has 2 heterocycles. The van der Waals surface area contributed by atoms with Crippen LogP contribution in [0.25, 0.3) is 0 Å². The van der Waals surface area contributed by atoms with Gasteiger partial charge in [-0.25, -0.2) is 0 Å². The van der Waals surface area contributed by atoms with E-state index in [1.54, 1.807) is 11.3 Å². The molecule has 0 bridgehead atoms. The lowest BCUT2D eigenvalue weighted by Crippen LogP contribution is -2.48. The lowest BCUT2D eigenvalue weighted by Gasteiger charge is -2.26. The summed E-state index contributed by atoms with van der Waals surface area (Å²) in [4.78, 5) is 15.9. The van der Waals surface area contributed by atoms with Gasteiger partial charge in [-0.1, -0.05) is 6.07 Å². The van der Waals surface area contributed by atoms with Crippen molar-refractivity contribution in [2.24, 2.45) is 0 Å². The van der Waals surface area contributed by atoms with Gasteiger partial charge < -0.3 is 5.32 Å². The number of hydrogen-bond acceptors (Lipinski definition) is 4. The summed E-state index contributed by atoms with van der Waals surface area (Å²) < 4.78 is 0. The van der Waals surface area contributed by atoms with Crippen LogP contribution in [-0.2, 0) is 4.79 Å². The van der Waals surface area contributed by atoms with Gasteiger partial charge in [0, 0.05) is 10.9 Å². The van der Waals surface area contributed by atoms with Gasteiger partial charge >= 0.3 is 0 Å². The normalized spacial score (nSPS) is 24.8. The number of nitrogens with zero attached hydrogens (tertiary/aromatic N) is 2. The Morgan fingerprint density at radius 3 is 2.95 bits per heavy atom. The average molecular weight is 303 g/mol. The Balaban J connectivity index is 1.61. The molecule has 2 fully saturated rings. The maximum atomic E-state index is 12.3. The van der Waals surface area contributed by atoms with Crippen molar-refractivity contribution in [1.82, 2.24) is 10.2 Å². The second-order valence-electron chi connectivity index (χ2n) is 6.09. The molecule has 1 atom stereocenters. The summed E-state index contributed by atoms with van der Waals surface area (Å²) in [6.07, 6.45) is 5.92. The molecule has 1 saturated heterocycles. The quantitative estimate of drug-likeness (QED) is 0.930. The van der Waals surface area contributed by atoms with E-state index in [1.807, 2.05) is 0 Å². The fourth-order valence-electron chi connectivity index (χ4n) is 3.55.